The van der Waals surface area contributed by atoms with Crippen LogP contribution in [0.3, 0.4) is 0 Å². The molecule has 0 heterocycles. The van der Waals surface area contributed by atoms with Crippen LogP contribution in [0.25, 0.3) is 0 Å². The second-order valence-corrected chi connectivity index (χ2v) is 3.89. The number of carbonyl (C=O) groups excluding carboxylic acids is 1. The summed E-state index contributed by atoms with van der Waals surface area (Å²) in [6.45, 7) is 3.77. The third-order valence-corrected chi connectivity index (χ3v) is 2.74. The molecule has 0 fully saturated rings. The fraction of sp³-hybridized carbons (Fsp3) is 0.417. The van der Waals surface area contributed by atoms with E-state index in [0.29, 0.717) is 12.8 Å². The first-order valence-corrected chi connectivity index (χ1v) is 5.63. The Morgan fingerprint density at radius 3 is 2.56 bits per heavy atom. The molecule has 1 aromatic rings. The topological polar surface area (TPSA) is 26.3 Å². The lowest BCUT2D eigenvalue weighted by atomic mass is 10.0. The zero-order valence-electron chi connectivity index (χ0n) is 9.30. The molecular weight excluding hydrogens is 231 g/mol. The third-order valence-electron chi connectivity index (χ3n) is 2.44. The molecule has 0 bridgehead atoms. The van der Waals surface area contributed by atoms with Gasteiger partial charge in [0.05, 0.1) is 10.9 Å². The van der Waals surface area contributed by atoms with Crippen molar-refractivity contribution in [2.24, 2.45) is 5.92 Å². The first kappa shape index (κ1) is 13.0. The summed E-state index contributed by atoms with van der Waals surface area (Å²) in [5, 5.41) is 0.110. The molecule has 0 unspecified atom stereocenters. The molecule has 16 heavy (non-hydrogen) atoms. The molecule has 0 radical (unpaired) electrons. The Balaban J connectivity index is 2.84. The Morgan fingerprint density at radius 1 is 1.44 bits per heavy atom. The maximum Gasteiger partial charge on any atom is 0.314 e. The van der Waals surface area contributed by atoms with E-state index in [2.05, 4.69) is 0 Å². The molecule has 0 aliphatic rings. The molecule has 0 saturated carbocycles. The second-order valence-electron chi connectivity index (χ2n) is 3.49. The van der Waals surface area contributed by atoms with Crippen LogP contribution in [0, 0.1) is 11.7 Å². The van der Waals surface area contributed by atoms with Crippen molar-refractivity contribution in [3.8, 4) is 5.75 Å². The normalized spacial score (nSPS) is 10.6. The van der Waals surface area contributed by atoms with Crippen molar-refractivity contribution in [1.82, 2.24) is 0 Å². The summed E-state index contributed by atoms with van der Waals surface area (Å²) in [6, 6.07) is 4.16. The van der Waals surface area contributed by atoms with Crippen molar-refractivity contribution in [3.63, 3.8) is 0 Å². The highest BCUT2D eigenvalue weighted by molar-refractivity contribution is 6.32. The Morgan fingerprint density at radius 2 is 2.06 bits per heavy atom. The van der Waals surface area contributed by atoms with Crippen LogP contribution >= 0.6 is 11.6 Å². The summed E-state index contributed by atoms with van der Waals surface area (Å²) in [7, 11) is 0. The van der Waals surface area contributed by atoms with Gasteiger partial charge in [0.15, 0.2) is 11.6 Å². The van der Waals surface area contributed by atoms with E-state index in [0.717, 1.165) is 0 Å². The van der Waals surface area contributed by atoms with Gasteiger partial charge in [0.2, 0.25) is 0 Å². The van der Waals surface area contributed by atoms with Crippen molar-refractivity contribution in [1.29, 1.82) is 0 Å². The molecule has 2 nitrogen and oxygen atoms in total. The van der Waals surface area contributed by atoms with Gasteiger partial charge in [-0.2, -0.15) is 0 Å². The highest BCUT2D eigenvalue weighted by Gasteiger charge is 2.19. The quantitative estimate of drug-likeness (QED) is 0.595. The molecule has 0 aromatic heterocycles. The molecule has 0 amide bonds. The highest BCUT2D eigenvalue weighted by Crippen LogP contribution is 2.28. The molecule has 0 N–H and O–H groups in total. The van der Waals surface area contributed by atoms with Crippen molar-refractivity contribution in [3.05, 3.63) is 29.0 Å². The van der Waals surface area contributed by atoms with Crippen LogP contribution in [-0.2, 0) is 4.79 Å². The van der Waals surface area contributed by atoms with Crippen LogP contribution in [-0.4, -0.2) is 5.97 Å². The van der Waals surface area contributed by atoms with Gasteiger partial charge < -0.3 is 4.74 Å². The van der Waals surface area contributed by atoms with Gasteiger partial charge in [-0.25, -0.2) is 4.39 Å². The van der Waals surface area contributed by atoms with Crippen LogP contribution in [0.4, 0.5) is 4.39 Å². The van der Waals surface area contributed by atoms with E-state index < -0.39 is 11.8 Å². The molecule has 0 spiro atoms. The highest BCUT2D eigenvalue weighted by atomic mass is 35.5. The van der Waals surface area contributed by atoms with Gasteiger partial charge >= 0.3 is 5.97 Å². The average Bonchev–Trinajstić information content (AvgIpc) is 2.25. The minimum Gasteiger partial charge on any atom is -0.422 e. The van der Waals surface area contributed by atoms with Gasteiger partial charge in [0, 0.05) is 0 Å². The molecule has 0 aliphatic heterocycles. The van der Waals surface area contributed by atoms with Gasteiger partial charge in [-0.05, 0) is 25.0 Å². The maximum absolute atomic E-state index is 13.3. The summed E-state index contributed by atoms with van der Waals surface area (Å²) < 4.78 is 18.3. The van der Waals surface area contributed by atoms with Crippen molar-refractivity contribution in [2.45, 2.75) is 26.7 Å². The van der Waals surface area contributed by atoms with Gasteiger partial charge in [-0.1, -0.05) is 31.5 Å². The van der Waals surface area contributed by atoms with Gasteiger partial charge in [-0.3, -0.25) is 4.79 Å². The number of para-hydroxylation sites is 1. The largest absolute Gasteiger partial charge is 0.422 e. The van der Waals surface area contributed by atoms with E-state index in [-0.39, 0.29) is 16.7 Å². The molecule has 0 atom stereocenters. The summed E-state index contributed by atoms with van der Waals surface area (Å²) in [4.78, 5) is 11.6. The first-order valence-electron chi connectivity index (χ1n) is 5.25. The summed E-state index contributed by atoms with van der Waals surface area (Å²) in [5.41, 5.74) is 0. The zero-order valence-corrected chi connectivity index (χ0v) is 10.1. The standard InChI is InChI=1S/C12H14ClFO2/c1-3-8(4-2)12(15)16-11-9(13)6-5-7-10(11)14/h5-8H,3-4H2,1-2H3. The number of hydrogen-bond acceptors (Lipinski definition) is 2. The van der Waals surface area contributed by atoms with E-state index in [9.17, 15) is 9.18 Å². The van der Waals surface area contributed by atoms with Crippen LogP contribution in [0.2, 0.25) is 5.02 Å². The fourth-order valence-corrected chi connectivity index (χ4v) is 1.59. The number of ether oxygens (including phenoxy) is 1. The predicted molar refractivity (Wildman–Crippen MR) is 61.1 cm³/mol. The summed E-state index contributed by atoms with van der Waals surface area (Å²) >= 11 is 5.75. The van der Waals surface area contributed by atoms with E-state index in [1.54, 1.807) is 0 Å². The van der Waals surface area contributed by atoms with Crippen molar-refractivity contribution in [2.75, 3.05) is 0 Å². The number of rotatable bonds is 4. The van der Waals surface area contributed by atoms with Crippen LogP contribution in [0.5, 0.6) is 5.75 Å². The monoisotopic (exact) mass is 244 g/mol. The average molecular weight is 245 g/mol. The van der Waals surface area contributed by atoms with Crippen LogP contribution < -0.4 is 4.74 Å². The Labute approximate surface area is 99.4 Å². The lowest BCUT2D eigenvalue weighted by Gasteiger charge is -2.12. The Bertz CT molecular complexity index is 355. The molecule has 0 saturated heterocycles. The zero-order chi connectivity index (χ0) is 12.1. The minimum absolute atomic E-state index is 0.110. The second kappa shape index (κ2) is 5.85. The predicted octanol–water partition coefficient (Wildman–Crippen LogP) is 3.82. The van der Waals surface area contributed by atoms with Crippen LogP contribution in [0.1, 0.15) is 26.7 Å². The van der Waals surface area contributed by atoms with E-state index >= 15 is 0 Å². The fourth-order valence-electron chi connectivity index (χ4n) is 1.39. The minimum atomic E-state index is -0.619. The number of hydrogen-bond donors (Lipinski definition) is 0. The summed E-state index contributed by atoms with van der Waals surface area (Å²) in [5.74, 6) is -1.44. The smallest absolute Gasteiger partial charge is 0.314 e. The molecule has 88 valence electrons. The van der Waals surface area contributed by atoms with Crippen molar-refractivity contribution < 1.29 is 13.9 Å². The first-order chi connectivity index (χ1) is 7.60. The lowest BCUT2D eigenvalue weighted by Crippen LogP contribution is -2.19. The summed E-state index contributed by atoms with van der Waals surface area (Å²) in [6.07, 6.45) is 1.34. The number of esters is 1. The molecule has 4 heteroatoms. The van der Waals surface area contributed by atoms with Crippen molar-refractivity contribution >= 4 is 17.6 Å². The number of carbonyl (C=O) groups is 1. The molecule has 0 aliphatic carbocycles. The van der Waals surface area contributed by atoms with Crippen LogP contribution in [0.15, 0.2) is 18.2 Å². The molecular formula is C12H14ClFO2. The van der Waals surface area contributed by atoms with E-state index in [4.69, 9.17) is 16.3 Å². The van der Waals surface area contributed by atoms with Gasteiger partial charge in [0.25, 0.3) is 0 Å². The Kier molecular flexibility index (Phi) is 4.74. The third kappa shape index (κ3) is 2.95. The van der Waals surface area contributed by atoms with Gasteiger partial charge in [-0.15, -0.1) is 0 Å². The molecule has 1 rings (SSSR count). The van der Waals surface area contributed by atoms with E-state index in [1.807, 2.05) is 13.8 Å². The molecule has 1 aromatic carbocycles. The Hall–Kier alpha value is -1.09. The number of benzene rings is 1. The SMILES string of the molecule is CCC(CC)C(=O)Oc1c(F)cccc1Cl. The van der Waals surface area contributed by atoms with Gasteiger partial charge in [0.1, 0.15) is 0 Å². The number of halogens is 2. The lowest BCUT2D eigenvalue weighted by molar-refractivity contribution is -0.139. The maximum atomic E-state index is 13.3. The van der Waals surface area contributed by atoms with E-state index in [1.165, 1.54) is 18.2 Å².